The molecule has 0 fully saturated rings. The van der Waals surface area contributed by atoms with Gasteiger partial charge in [-0.15, -0.1) is 0 Å². The third-order valence-electron chi connectivity index (χ3n) is 3.20. The summed E-state index contributed by atoms with van der Waals surface area (Å²) in [5, 5.41) is 9.62. The number of nitrogens with one attached hydrogen (secondary N) is 1. The van der Waals surface area contributed by atoms with Crippen LogP contribution in [0.5, 0.6) is 0 Å². The van der Waals surface area contributed by atoms with E-state index in [1.54, 1.807) is 32.9 Å². The summed E-state index contributed by atoms with van der Waals surface area (Å²) in [6.45, 7) is 6.69. The molecule has 108 valence electrons. The first-order valence-electron chi connectivity index (χ1n) is 6.20. The molecule has 1 atom stereocenters. The smallest absolute Gasteiger partial charge is 0.241 e. The van der Waals surface area contributed by atoms with E-state index in [1.165, 1.54) is 6.07 Å². The van der Waals surface area contributed by atoms with Crippen LogP contribution in [-0.2, 0) is 16.4 Å². The zero-order valence-electron chi connectivity index (χ0n) is 11.8. The van der Waals surface area contributed by atoms with Crippen molar-refractivity contribution in [3.63, 3.8) is 0 Å². The summed E-state index contributed by atoms with van der Waals surface area (Å²) in [7, 11) is -3.72. The van der Waals surface area contributed by atoms with Crippen molar-refractivity contribution < 1.29 is 13.5 Å². The number of hydrogen-bond donors (Lipinski definition) is 3. The number of nitrogens with two attached hydrogens (primary N) is 1. The number of hydrogen-bond acceptors (Lipinski definition) is 4. The minimum Gasteiger partial charge on any atom is -0.399 e. The van der Waals surface area contributed by atoms with Crippen molar-refractivity contribution in [2.45, 2.75) is 50.7 Å². The summed E-state index contributed by atoms with van der Waals surface area (Å²) in [4.78, 5) is 0.170. The number of rotatable bonds is 5. The van der Waals surface area contributed by atoms with E-state index < -0.39 is 21.7 Å². The van der Waals surface area contributed by atoms with Gasteiger partial charge in [-0.25, -0.2) is 13.1 Å². The number of benzene rings is 1. The second kappa shape index (κ2) is 5.48. The van der Waals surface area contributed by atoms with Crippen LogP contribution in [0.4, 0.5) is 5.69 Å². The summed E-state index contributed by atoms with van der Waals surface area (Å²) < 4.78 is 27.3. The van der Waals surface area contributed by atoms with Crippen LogP contribution in [0.3, 0.4) is 0 Å². The van der Waals surface area contributed by atoms with Gasteiger partial charge in [0.1, 0.15) is 0 Å². The molecule has 5 nitrogen and oxygen atoms in total. The van der Waals surface area contributed by atoms with Crippen LogP contribution in [-0.4, -0.2) is 25.2 Å². The number of nitrogen functional groups attached to an aromatic ring is 1. The van der Waals surface area contributed by atoms with Crippen LogP contribution in [0, 0.1) is 0 Å². The van der Waals surface area contributed by atoms with E-state index >= 15 is 0 Å². The van der Waals surface area contributed by atoms with Gasteiger partial charge >= 0.3 is 0 Å². The largest absolute Gasteiger partial charge is 0.399 e. The normalized spacial score (nSPS) is 14.4. The lowest BCUT2D eigenvalue weighted by Gasteiger charge is -2.29. The van der Waals surface area contributed by atoms with Gasteiger partial charge in [-0.2, -0.15) is 0 Å². The van der Waals surface area contributed by atoms with E-state index in [0.717, 1.165) is 0 Å². The van der Waals surface area contributed by atoms with Gasteiger partial charge in [0.05, 0.1) is 16.5 Å². The zero-order valence-corrected chi connectivity index (χ0v) is 12.6. The van der Waals surface area contributed by atoms with Gasteiger partial charge in [-0.1, -0.05) is 13.0 Å². The van der Waals surface area contributed by atoms with Gasteiger partial charge < -0.3 is 10.8 Å². The first kappa shape index (κ1) is 15.9. The van der Waals surface area contributed by atoms with Crippen molar-refractivity contribution >= 4 is 15.7 Å². The maximum atomic E-state index is 12.4. The molecule has 6 heteroatoms. The maximum absolute atomic E-state index is 12.4. The lowest BCUT2D eigenvalue weighted by Crippen LogP contribution is -2.50. The molecule has 0 radical (unpaired) electrons. The number of anilines is 1. The van der Waals surface area contributed by atoms with Crippen LogP contribution in [0.25, 0.3) is 0 Å². The predicted octanol–water partition coefficient (Wildman–Crippen LogP) is 1.27. The summed E-state index contributed by atoms with van der Waals surface area (Å²) >= 11 is 0. The molecular formula is C13H22N2O3S. The van der Waals surface area contributed by atoms with Crippen LogP contribution in [0.1, 0.15) is 33.3 Å². The molecule has 0 aliphatic heterocycles. The molecule has 0 aliphatic carbocycles. The molecule has 19 heavy (non-hydrogen) atoms. The molecular weight excluding hydrogens is 264 g/mol. The van der Waals surface area contributed by atoms with Crippen molar-refractivity contribution in [3.8, 4) is 0 Å². The summed E-state index contributed by atoms with van der Waals surface area (Å²) in [5.74, 6) is 0. The molecule has 4 N–H and O–H groups in total. The fourth-order valence-corrected chi connectivity index (χ4v) is 3.42. The van der Waals surface area contributed by atoms with Crippen molar-refractivity contribution in [1.29, 1.82) is 0 Å². The fourth-order valence-electron chi connectivity index (χ4n) is 1.60. The molecule has 0 aromatic heterocycles. The lowest BCUT2D eigenvalue weighted by atomic mass is 10.0. The molecule has 1 aromatic carbocycles. The summed E-state index contributed by atoms with van der Waals surface area (Å²) in [6, 6.07) is 4.83. The average molecular weight is 286 g/mol. The van der Waals surface area contributed by atoms with Crippen molar-refractivity contribution in [1.82, 2.24) is 4.72 Å². The highest BCUT2D eigenvalue weighted by Crippen LogP contribution is 2.22. The fraction of sp³-hybridized carbons (Fsp3) is 0.538. The Kier molecular flexibility index (Phi) is 4.60. The Morgan fingerprint density at radius 3 is 2.47 bits per heavy atom. The zero-order chi connectivity index (χ0) is 14.8. The summed E-state index contributed by atoms with van der Waals surface area (Å²) in [6.07, 6.45) is -0.223. The minimum atomic E-state index is -3.72. The van der Waals surface area contributed by atoms with E-state index in [9.17, 15) is 13.5 Å². The van der Waals surface area contributed by atoms with Gasteiger partial charge in [-0.05, 0) is 44.9 Å². The van der Waals surface area contributed by atoms with Gasteiger partial charge in [0.15, 0.2) is 0 Å². The van der Waals surface area contributed by atoms with Crippen LogP contribution >= 0.6 is 0 Å². The standard InChI is InChI=1S/C13H22N2O3S/c1-5-10-6-7-11(14)8-12(10)19(17,18)15-13(3,4)9(2)16/h6-9,15-16H,5,14H2,1-4H3. The Balaban J connectivity index is 3.25. The van der Waals surface area contributed by atoms with Crippen LogP contribution in [0.2, 0.25) is 0 Å². The van der Waals surface area contributed by atoms with E-state index in [0.29, 0.717) is 17.7 Å². The maximum Gasteiger partial charge on any atom is 0.241 e. The number of aliphatic hydroxyl groups is 1. The number of sulfonamides is 1. The van der Waals surface area contributed by atoms with E-state index in [4.69, 9.17) is 5.73 Å². The second-order valence-corrected chi connectivity index (χ2v) is 6.87. The topological polar surface area (TPSA) is 92.4 Å². The second-order valence-electron chi connectivity index (χ2n) is 5.22. The molecule has 0 bridgehead atoms. The van der Waals surface area contributed by atoms with E-state index in [2.05, 4.69) is 4.72 Å². The third kappa shape index (κ3) is 3.68. The first-order chi connectivity index (χ1) is 8.60. The first-order valence-corrected chi connectivity index (χ1v) is 7.69. The van der Waals surface area contributed by atoms with Gasteiger partial charge in [0.25, 0.3) is 0 Å². The highest BCUT2D eigenvalue weighted by atomic mass is 32.2. The number of aryl methyl sites for hydroxylation is 1. The Labute approximate surface area is 114 Å². The third-order valence-corrected chi connectivity index (χ3v) is 4.96. The number of aliphatic hydroxyl groups excluding tert-OH is 1. The molecule has 1 unspecified atom stereocenters. The summed E-state index contributed by atoms with van der Waals surface area (Å²) in [5.41, 5.74) is 5.80. The van der Waals surface area contributed by atoms with E-state index in [-0.39, 0.29) is 4.90 Å². The molecule has 0 heterocycles. The molecule has 0 saturated carbocycles. The highest BCUT2D eigenvalue weighted by molar-refractivity contribution is 7.89. The predicted molar refractivity (Wildman–Crippen MR) is 76.3 cm³/mol. The van der Waals surface area contributed by atoms with Crippen molar-refractivity contribution in [2.24, 2.45) is 0 Å². The Morgan fingerprint density at radius 2 is 2.00 bits per heavy atom. The van der Waals surface area contributed by atoms with Crippen molar-refractivity contribution in [3.05, 3.63) is 23.8 Å². The Bertz CT molecular complexity index is 551. The van der Waals surface area contributed by atoms with Crippen molar-refractivity contribution in [2.75, 3.05) is 5.73 Å². The van der Waals surface area contributed by atoms with Crippen LogP contribution in [0.15, 0.2) is 23.1 Å². The minimum absolute atomic E-state index is 0.170. The molecule has 0 saturated heterocycles. The Hall–Kier alpha value is -1.11. The Morgan fingerprint density at radius 1 is 1.42 bits per heavy atom. The highest BCUT2D eigenvalue weighted by Gasteiger charge is 2.31. The van der Waals surface area contributed by atoms with Crippen LogP contribution < -0.4 is 10.5 Å². The molecule has 1 aromatic rings. The van der Waals surface area contributed by atoms with Gasteiger partial charge in [0.2, 0.25) is 10.0 Å². The molecule has 0 amide bonds. The average Bonchev–Trinajstić information content (AvgIpc) is 2.27. The van der Waals surface area contributed by atoms with Gasteiger partial charge in [-0.3, -0.25) is 0 Å². The van der Waals surface area contributed by atoms with E-state index in [1.807, 2.05) is 6.92 Å². The SMILES string of the molecule is CCc1ccc(N)cc1S(=O)(=O)NC(C)(C)C(C)O. The molecule has 0 aliphatic rings. The van der Waals surface area contributed by atoms with Gasteiger partial charge in [0, 0.05) is 5.69 Å². The monoisotopic (exact) mass is 286 g/mol. The lowest BCUT2D eigenvalue weighted by molar-refractivity contribution is 0.111. The molecule has 0 spiro atoms. The quantitative estimate of drug-likeness (QED) is 0.711. The molecule has 1 rings (SSSR count).